The standard InChI is InChI=1S/C21H26N2O4/c1-6-14-12(2)22-23-21(13-7-8-18(25-3)17(24)9-13)16-11-20(27-5)19(26-4)10-15(14)16/h7-12,14,21,24H,6H2,1-5H3. The SMILES string of the molecule is CCC1c2cc(OC)c(OC)cc2C(c2ccc(OC)c(O)c2)N=NC1C. The number of fused-ring (bicyclic) bond motifs is 1. The molecule has 2 aromatic carbocycles. The van der Waals surface area contributed by atoms with Crippen LogP contribution in [-0.2, 0) is 0 Å². The molecule has 0 fully saturated rings. The van der Waals surface area contributed by atoms with Crippen molar-refractivity contribution < 1.29 is 19.3 Å². The lowest BCUT2D eigenvalue weighted by atomic mass is 9.84. The second kappa shape index (κ2) is 7.86. The molecule has 3 rings (SSSR count). The van der Waals surface area contributed by atoms with E-state index in [-0.39, 0.29) is 23.8 Å². The molecule has 0 aromatic heterocycles. The highest BCUT2D eigenvalue weighted by Crippen LogP contribution is 2.45. The number of hydrogen-bond donors (Lipinski definition) is 1. The monoisotopic (exact) mass is 370 g/mol. The van der Waals surface area contributed by atoms with E-state index in [0.29, 0.717) is 17.2 Å². The smallest absolute Gasteiger partial charge is 0.161 e. The van der Waals surface area contributed by atoms with Gasteiger partial charge in [0.2, 0.25) is 0 Å². The minimum atomic E-state index is -0.337. The van der Waals surface area contributed by atoms with Crippen LogP contribution in [0.5, 0.6) is 23.0 Å². The molecule has 0 radical (unpaired) electrons. The van der Waals surface area contributed by atoms with Crippen molar-refractivity contribution >= 4 is 0 Å². The van der Waals surface area contributed by atoms with Crippen LogP contribution < -0.4 is 14.2 Å². The Bertz CT molecular complexity index is 850. The van der Waals surface area contributed by atoms with Gasteiger partial charge in [-0.15, -0.1) is 0 Å². The summed E-state index contributed by atoms with van der Waals surface area (Å²) in [6, 6.07) is 9.04. The van der Waals surface area contributed by atoms with Crippen LogP contribution in [0.4, 0.5) is 0 Å². The molecule has 3 atom stereocenters. The first kappa shape index (κ1) is 19.0. The molecule has 0 saturated heterocycles. The Labute approximate surface area is 159 Å². The number of rotatable bonds is 5. The largest absolute Gasteiger partial charge is 0.504 e. The molecule has 0 amide bonds. The van der Waals surface area contributed by atoms with Gasteiger partial charge in [0.05, 0.1) is 27.4 Å². The summed E-state index contributed by atoms with van der Waals surface area (Å²) < 4.78 is 16.2. The van der Waals surface area contributed by atoms with Crippen LogP contribution in [0.25, 0.3) is 0 Å². The van der Waals surface area contributed by atoms with E-state index in [9.17, 15) is 5.11 Å². The highest BCUT2D eigenvalue weighted by molar-refractivity contribution is 5.53. The van der Waals surface area contributed by atoms with Gasteiger partial charge in [0.25, 0.3) is 0 Å². The number of phenolic OH excluding ortho intramolecular Hbond substituents is 1. The lowest BCUT2D eigenvalue weighted by Crippen LogP contribution is -2.13. The van der Waals surface area contributed by atoms with Crippen molar-refractivity contribution in [3.63, 3.8) is 0 Å². The number of hydrogen-bond acceptors (Lipinski definition) is 6. The quantitative estimate of drug-likeness (QED) is 0.816. The summed E-state index contributed by atoms with van der Waals surface area (Å²) in [6.07, 6.45) is 0.934. The van der Waals surface area contributed by atoms with Gasteiger partial charge < -0.3 is 19.3 Å². The fourth-order valence-electron chi connectivity index (χ4n) is 3.73. The van der Waals surface area contributed by atoms with E-state index in [2.05, 4.69) is 24.1 Å². The first-order valence-electron chi connectivity index (χ1n) is 9.06. The van der Waals surface area contributed by atoms with Crippen molar-refractivity contribution in [2.75, 3.05) is 21.3 Å². The number of aromatic hydroxyl groups is 1. The molecule has 2 aromatic rings. The zero-order chi connectivity index (χ0) is 19.6. The number of phenols is 1. The number of nitrogens with zero attached hydrogens (tertiary/aromatic N) is 2. The van der Waals surface area contributed by atoms with Gasteiger partial charge in [0.1, 0.15) is 6.04 Å². The Morgan fingerprint density at radius 3 is 2.07 bits per heavy atom. The zero-order valence-corrected chi connectivity index (χ0v) is 16.4. The normalized spacial score (nSPS) is 21.3. The summed E-state index contributed by atoms with van der Waals surface area (Å²) >= 11 is 0. The molecule has 6 nitrogen and oxygen atoms in total. The highest BCUT2D eigenvalue weighted by Gasteiger charge is 2.30. The number of benzene rings is 2. The van der Waals surface area contributed by atoms with Crippen LogP contribution in [0.3, 0.4) is 0 Å². The average molecular weight is 370 g/mol. The molecular weight excluding hydrogens is 344 g/mol. The molecule has 0 bridgehead atoms. The molecule has 1 aliphatic heterocycles. The number of methoxy groups -OCH3 is 3. The molecule has 1 aliphatic rings. The van der Waals surface area contributed by atoms with Crippen molar-refractivity contribution in [2.45, 2.75) is 38.3 Å². The van der Waals surface area contributed by atoms with Crippen LogP contribution in [0.2, 0.25) is 0 Å². The lowest BCUT2D eigenvalue weighted by molar-refractivity contribution is 0.353. The molecule has 144 valence electrons. The first-order chi connectivity index (χ1) is 13.0. The van der Waals surface area contributed by atoms with E-state index in [1.807, 2.05) is 18.2 Å². The average Bonchev–Trinajstić information content (AvgIpc) is 2.82. The zero-order valence-electron chi connectivity index (χ0n) is 16.4. The summed E-state index contributed by atoms with van der Waals surface area (Å²) in [5.74, 6) is 2.08. The Hall–Kier alpha value is -2.76. The van der Waals surface area contributed by atoms with Crippen LogP contribution in [0, 0.1) is 0 Å². The van der Waals surface area contributed by atoms with Gasteiger partial charge in [-0.25, -0.2) is 0 Å². The molecular formula is C21H26N2O4. The predicted octanol–water partition coefficient (Wildman–Crippen LogP) is 4.86. The third kappa shape index (κ3) is 3.44. The van der Waals surface area contributed by atoms with Gasteiger partial charge in [-0.1, -0.05) is 13.0 Å². The first-order valence-corrected chi connectivity index (χ1v) is 9.06. The van der Waals surface area contributed by atoms with Crippen molar-refractivity contribution in [3.05, 3.63) is 47.0 Å². The van der Waals surface area contributed by atoms with Gasteiger partial charge in [-0.2, -0.15) is 10.2 Å². The van der Waals surface area contributed by atoms with E-state index in [0.717, 1.165) is 23.1 Å². The van der Waals surface area contributed by atoms with E-state index in [4.69, 9.17) is 14.2 Å². The fourth-order valence-corrected chi connectivity index (χ4v) is 3.73. The summed E-state index contributed by atoms with van der Waals surface area (Å²) in [4.78, 5) is 0. The van der Waals surface area contributed by atoms with E-state index in [1.54, 1.807) is 26.4 Å². The van der Waals surface area contributed by atoms with Gasteiger partial charge in [-0.3, -0.25) is 0 Å². The third-order valence-corrected chi connectivity index (χ3v) is 5.19. The molecule has 1 heterocycles. The maximum absolute atomic E-state index is 10.2. The Morgan fingerprint density at radius 2 is 1.52 bits per heavy atom. The topological polar surface area (TPSA) is 72.6 Å². The van der Waals surface area contributed by atoms with Gasteiger partial charge in [0.15, 0.2) is 23.0 Å². The molecule has 0 spiro atoms. The lowest BCUT2D eigenvalue weighted by Gasteiger charge is -2.23. The fraction of sp³-hybridized carbons (Fsp3) is 0.429. The van der Waals surface area contributed by atoms with Crippen molar-refractivity contribution in [3.8, 4) is 23.0 Å². The number of ether oxygens (including phenoxy) is 3. The van der Waals surface area contributed by atoms with Crippen LogP contribution in [0.15, 0.2) is 40.6 Å². The maximum atomic E-state index is 10.2. The second-order valence-corrected chi connectivity index (χ2v) is 6.66. The summed E-state index contributed by atoms with van der Waals surface area (Å²) in [7, 11) is 4.79. The molecule has 1 N–H and O–H groups in total. The minimum absolute atomic E-state index is 0.0451. The van der Waals surface area contributed by atoms with Crippen molar-refractivity contribution in [1.29, 1.82) is 0 Å². The Morgan fingerprint density at radius 1 is 0.889 bits per heavy atom. The number of azo groups is 1. The molecule has 0 saturated carbocycles. The van der Waals surface area contributed by atoms with E-state index in [1.165, 1.54) is 7.11 Å². The Kier molecular flexibility index (Phi) is 5.54. The van der Waals surface area contributed by atoms with Crippen LogP contribution in [0.1, 0.15) is 48.9 Å². The minimum Gasteiger partial charge on any atom is -0.504 e. The molecule has 3 unspecified atom stereocenters. The van der Waals surface area contributed by atoms with E-state index >= 15 is 0 Å². The summed E-state index contributed by atoms with van der Waals surface area (Å²) in [5, 5.41) is 19.4. The van der Waals surface area contributed by atoms with Gasteiger partial charge in [0, 0.05) is 5.92 Å². The molecule has 0 aliphatic carbocycles. The summed E-state index contributed by atoms with van der Waals surface area (Å²) in [5.41, 5.74) is 3.00. The second-order valence-electron chi connectivity index (χ2n) is 6.66. The summed E-state index contributed by atoms with van der Waals surface area (Å²) in [6.45, 7) is 4.22. The van der Waals surface area contributed by atoms with E-state index < -0.39 is 0 Å². The van der Waals surface area contributed by atoms with Crippen LogP contribution in [-0.4, -0.2) is 32.5 Å². The van der Waals surface area contributed by atoms with Crippen LogP contribution >= 0.6 is 0 Å². The van der Waals surface area contributed by atoms with Crippen molar-refractivity contribution in [2.24, 2.45) is 10.2 Å². The maximum Gasteiger partial charge on any atom is 0.161 e. The van der Waals surface area contributed by atoms with Gasteiger partial charge >= 0.3 is 0 Å². The molecule has 6 heteroatoms. The molecule has 27 heavy (non-hydrogen) atoms. The third-order valence-electron chi connectivity index (χ3n) is 5.19. The predicted molar refractivity (Wildman–Crippen MR) is 103 cm³/mol. The Balaban J connectivity index is 2.21. The van der Waals surface area contributed by atoms with Gasteiger partial charge in [-0.05, 0) is 54.3 Å². The van der Waals surface area contributed by atoms with Crippen molar-refractivity contribution in [1.82, 2.24) is 0 Å². The highest BCUT2D eigenvalue weighted by atomic mass is 16.5.